The molecule has 0 bridgehead atoms. The molecule has 2 aromatic rings. The highest BCUT2D eigenvalue weighted by Crippen LogP contribution is 2.20. The lowest BCUT2D eigenvalue weighted by Gasteiger charge is -2.16. The Bertz CT molecular complexity index is 925. The smallest absolute Gasteiger partial charge is 0.326 e. The van der Waals surface area contributed by atoms with Gasteiger partial charge in [0.15, 0.2) is 0 Å². The summed E-state index contributed by atoms with van der Waals surface area (Å²) >= 11 is 0. The lowest BCUT2D eigenvalue weighted by molar-refractivity contribution is -0.139. The van der Waals surface area contributed by atoms with Crippen LogP contribution in [0.1, 0.15) is 70.5 Å². The molecule has 7 heteroatoms. The van der Waals surface area contributed by atoms with Crippen LogP contribution >= 0.6 is 0 Å². The molecular formula is C25H33N3O4. The Morgan fingerprint density at radius 2 is 1.84 bits per heavy atom. The fraction of sp³-hybridized carbons (Fsp3) is 0.520. The summed E-state index contributed by atoms with van der Waals surface area (Å²) in [5.41, 5.74) is 5.72. The van der Waals surface area contributed by atoms with E-state index in [1.165, 1.54) is 24.1 Å². The maximum Gasteiger partial charge on any atom is 0.326 e. The summed E-state index contributed by atoms with van der Waals surface area (Å²) in [7, 11) is 0. The van der Waals surface area contributed by atoms with E-state index in [1.54, 1.807) is 26.2 Å². The summed E-state index contributed by atoms with van der Waals surface area (Å²) < 4.78 is 5.63. The third kappa shape index (κ3) is 6.60. The first-order chi connectivity index (χ1) is 15.5. The first-order valence-corrected chi connectivity index (χ1v) is 11.5. The van der Waals surface area contributed by atoms with E-state index < -0.39 is 17.9 Å². The van der Waals surface area contributed by atoms with E-state index in [4.69, 9.17) is 9.72 Å². The summed E-state index contributed by atoms with van der Waals surface area (Å²) in [4.78, 5) is 33.0. The molecule has 2 heterocycles. The molecule has 32 heavy (non-hydrogen) atoms. The first-order valence-electron chi connectivity index (χ1n) is 11.5. The number of aromatic nitrogens is 2. The number of carbonyl (C=O) groups excluding carboxylic acids is 1. The van der Waals surface area contributed by atoms with Gasteiger partial charge in [-0.25, -0.2) is 4.79 Å². The number of carboxylic acids is 1. The van der Waals surface area contributed by atoms with Gasteiger partial charge in [-0.05, 0) is 81.5 Å². The van der Waals surface area contributed by atoms with Crippen LogP contribution in [0.4, 0.5) is 0 Å². The Balaban J connectivity index is 1.36. The molecule has 1 amide bonds. The van der Waals surface area contributed by atoms with Crippen molar-refractivity contribution < 1.29 is 19.4 Å². The average Bonchev–Trinajstić information content (AvgIpc) is 2.77. The normalized spacial score (nSPS) is 13.9. The number of carboxylic acid groups (broad SMARTS) is 1. The third-order valence-corrected chi connectivity index (χ3v) is 5.91. The Morgan fingerprint density at radius 3 is 2.59 bits per heavy atom. The maximum absolute atomic E-state index is 12.6. The highest BCUT2D eigenvalue weighted by Gasteiger charge is 2.22. The molecule has 1 aliphatic carbocycles. The molecule has 3 rings (SSSR count). The van der Waals surface area contributed by atoms with Crippen LogP contribution in [0.25, 0.3) is 0 Å². The van der Waals surface area contributed by atoms with Gasteiger partial charge in [0.1, 0.15) is 6.04 Å². The number of rotatable bonds is 11. The quantitative estimate of drug-likeness (QED) is 0.519. The largest absolute Gasteiger partial charge is 0.480 e. The van der Waals surface area contributed by atoms with Crippen molar-refractivity contribution in [1.29, 1.82) is 0 Å². The number of aliphatic carboxylic acids is 1. The van der Waals surface area contributed by atoms with Gasteiger partial charge in [0.25, 0.3) is 5.91 Å². The van der Waals surface area contributed by atoms with E-state index in [2.05, 4.69) is 22.4 Å². The van der Waals surface area contributed by atoms with E-state index in [0.29, 0.717) is 12.2 Å². The van der Waals surface area contributed by atoms with Crippen LogP contribution in [0.3, 0.4) is 0 Å². The third-order valence-electron chi connectivity index (χ3n) is 5.91. The second-order valence-corrected chi connectivity index (χ2v) is 8.49. The van der Waals surface area contributed by atoms with E-state index in [-0.39, 0.29) is 13.0 Å². The highest BCUT2D eigenvalue weighted by atomic mass is 16.5. The summed E-state index contributed by atoms with van der Waals surface area (Å²) in [6, 6.07) is 3.37. The van der Waals surface area contributed by atoms with Gasteiger partial charge < -0.3 is 15.2 Å². The van der Waals surface area contributed by atoms with Crippen molar-refractivity contribution in [2.45, 2.75) is 71.3 Å². The number of nitrogens with one attached hydrogen (secondary N) is 1. The minimum Gasteiger partial charge on any atom is -0.480 e. The van der Waals surface area contributed by atoms with Gasteiger partial charge in [-0.3, -0.25) is 14.8 Å². The van der Waals surface area contributed by atoms with Gasteiger partial charge in [0.05, 0.1) is 0 Å². The maximum atomic E-state index is 12.6. The molecule has 0 spiro atoms. The number of hydrogen-bond acceptors (Lipinski definition) is 5. The molecule has 0 aliphatic heterocycles. The Kier molecular flexibility index (Phi) is 8.73. The Morgan fingerprint density at radius 1 is 1.09 bits per heavy atom. The zero-order valence-corrected chi connectivity index (χ0v) is 19.0. The molecule has 0 saturated carbocycles. The molecule has 0 saturated heterocycles. The van der Waals surface area contributed by atoms with E-state index >= 15 is 0 Å². The molecule has 1 unspecified atom stereocenters. The minimum atomic E-state index is -1.07. The zero-order valence-electron chi connectivity index (χ0n) is 19.0. The van der Waals surface area contributed by atoms with Gasteiger partial charge >= 0.3 is 5.97 Å². The average molecular weight is 440 g/mol. The monoisotopic (exact) mass is 439 g/mol. The van der Waals surface area contributed by atoms with Gasteiger partial charge in [0, 0.05) is 49.0 Å². The second-order valence-electron chi connectivity index (χ2n) is 8.49. The number of unbranched alkanes of at least 4 members (excludes halogenated alkanes) is 1. The van der Waals surface area contributed by atoms with E-state index in [0.717, 1.165) is 48.9 Å². The van der Waals surface area contributed by atoms with Crippen molar-refractivity contribution in [3.63, 3.8) is 0 Å². The molecule has 0 fully saturated rings. The van der Waals surface area contributed by atoms with Gasteiger partial charge in [-0.2, -0.15) is 0 Å². The van der Waals surface area contributed by atoms with Crippen molar-refractivity contribution >= 4 is 11.9 Å². The van der Waals surface area contributed by atoms with Crippen LogP contribution < -0.4 is 5.32 Å². The van der Waals surface area contributed by atoms with E-state index in [9.17, 15) is 14.7 Å². The summed E-state index contributed by atoms with van der Waals surface area (Å²) in [5.74, 6) is -1.46. The SMILES string of the molecule is Cc1cncc(C)c1C(=O)NC(CCOCCCCc1ccc2c(n1)CCCC2)C(=O)O. The second kappa shape index (κ2) is 11.7. The number of nitrogens with zero attached hydrogens (tertiary/aromatic N) is 2. The molecular weight excluding hydrogens is 406 g/mol. The summed E-state index contributed by atoms with van der Waals surface area (Å²) in [6.07, 6.45) is 10.9. The van der Waals surface area contributed by atoms with Gasteiger partial charge in [-0.15, -0.1) is 0 Å². The van der Waals surface area contributed by atoms with Crippen LogP contribution in [0.5, 0.6) is 0 Å². The van der Waals surface area contributed by atoms with Crippen molar-refractivity contribution in [3.05, 3.63) is 58.2 Å². The topological polar surface area (TPSA) is 101 Å². The molecule has 2 N–H and O–H groups in total. The van der Waals surface area contributed by atoms with Gasteiger partial charge in [-0.1, -0.05) is 6.07 Å². The predicted octanol–water partition coefficient (Wildman–Crippen LogP) is 3.58. The number of hydrogen-bond donors (Lipinski definition) is 2. The molecule has 0 aromatic carbocycles. The fourth-order valence-corrected chi connectivity index (χ4v) is 4.13. The molecule has 2 aromatic heterocycles. The highest BCUT2D eigenvalue weighted by molar-refractivity contribution is 5.98. The fourth-order valence-electron chi connectivity index (χ4n) is 4.13. The number of ether oxygens (including phenoxy) is 1. The summed E-state index contributed by atoms with van der Waals surface area (Å²) in [6.45, 7) is 4.41. The van der Waals surface area contributed by atoms with Crippen LogP contribution in [0, 0.1) is 13.8 Å². The number of pyridine rings is 2. The number of aryl methyl sites for hydroxylation is 5. The molecule has 0 radical (unpaired) electrons. The van der Waals surface area contributed by atoms with Gasteiger partial charge in [0.2, 0.25) is 0 Å². The van der Waals surface area contributed by atoms with Crippen molar-refractivity contribution in [2.75, 3.05) is 13.2 Å². The number of carbonyl (C=O) groups is 2. The van der Waals surface area contributed by atoms with Crippen LogP contribution in [-0.4, -0.2) is 46.2 Å². The molecule has 1 aliphatic rings. The molecule has 1 atom stereocenters. The number of fused-ring (bicyclic) bond motifs is 1. The number of amides is 1. The van der Waals surface area contributed by atoms with Crippen molar-refractivity contribution in [3.8, 4) is 0 Å². The Labute approximate surface area is 189 Å². The lowest BCUT2D eigenvalue weighted by atomic mass is 9.95. The van der Waals surface area contributed by atoms with Crippen LogP contribution in [0.15, 0.2) is 24.5 Å². The lowest BCUT2D eigenvalue weighted by Crippen LogP contribution is -2.42. The minimum absolute atomic E-state index is 0.219. The molecule has 172 valence electrons. The first kappa shape index (κ1) is 23.9. The van der Waals surface area contributed by atoms with Crippen LogP contribution in [-0.2, 0) is 28.8 Å². The van der Waals surface area contributed by atoms with E-state index in [1.807, 2.05) is 0 Å². The van der Waals surface area contributed by atoms with Crippen molar-refractivity contribution in [1.82, 2.24) is 15.3 Å². The Hall–Kier alpha value is -2.80. The molecule has 7 nitrogen and oxygen atoms in total. The zero-order chi connectivity index (χ0) is 22.9. The van der Waals surface area contributed by atoms with Crippen LogP contribution in [0.2, 0.25) is 0 Å². The van der Waals surface area contributed by atoms with Crippen molar-refractivity contribution in [2.24, 2.45) is 0 Å². The standard InChI is InChI=1S/C25H33N3O4/c1-17-15-26-16-18(2)23(17)24(29)28-22(25(30)31)12-14-32-13-6-5-8-20-11-10-19-7-3-4-9-21(19)27-20/h10-11,15-16,22H,3-9,12-14H2,1-2H3,(H,28,29)(H,30,31). The summed E-state index contributed by atoms with van der Waals surface area (Å²) in [5, 5.41) is 12.1. The predicted molar refractivity (Wildman–Crippen MR) is 122 cm³/mol.